The number of carbonyl (C=O) groups is 2. The van der Waals surface area contributed by atoms with E-state index in [-0.39, 0.29) is 24.3 Å². The number of halogens is 1. The number of methoxy groups -OCH3 is 1. The SMILES string of the molecule is COCN1C(=O)C(C(C)C)Oc2ccc(C(=O)C(C)Cl)cc21. The lowest BCUT2D eigenvalue weighted by Gasteiger charge is -2.35. The Morgan fingerprint density at radius 2 is 2.09 bits per heavy atom. The summed E-state index contributed by atoms with van der Waals surface area (Å²) in [6.07, 6.45) is -0.559. The molecule has 5 nitrogen and oxygen atoms in total. The van der Waals surface area contributed by atoms with E-state index >= 15 is 0 Å². The highest BCUT2D eigenvalue weighted by Gasteiger charge is 2.36. The van der Waals surface area contributed by atoms with E-state index < -0.39 is 11.5 Å². The topological polar surface area (TPSA) is 55.8 Å². The summed E-state index contributed by atoms with van der Waals surface area (Å²) in [4.78, 5) is 26.1. The van der Waals surface area contributed by atoms with Crippen molar-refractivity contribution in [3.05, 3.63) is 23.8 Å². The molecule has 0 fully saturated rings. The maximum absolute atomic E-state index is 12.5. The Kier molecular flexibility index (Phi) is 5.08. The Hall–Kier alpha value is -1.59. The number of ether oxygens (including phenoxy) is 2. The van der Waals surface area contributed by atoms with Gasteiger partial charge in [-0.1, -0.05) is 13.8 Å². The molecule has 22 heavy (non-hydrogen) atoms. The van der Waals surface area contributed by atoms with Crippen molar-refractivity contribution in [2.75, 3.05) is 18.7 Å². The highest BCUT2D eigenvalue weighted by atomic mass is 35.5. The second-order valence-corrected chi connectivity index (χ2v) is 6.28. The molecule has 120 valence electrons. The average Bonchev–Trinajstić information content (AvgIpc) is 2.48. The van der Waals surface area contributed by atoms with Crippen LogP contribution in [0.3, 0.4) is 0 Å². The van der Waals surface area contributed by atoms with Gasteiger partial charge >= 0.3 is 0 Å². The van der Waals surface area contributed by atoms with Crippen molar-refractivity contribution < 1.29 is 19.1 Å². The minimum atomic E-state index is -0.627. The van der Waals surface area contributed by atoms with E-state index in [1.54, 1.807) is 25.1 Å². The number of alkyl halides is 1. The summed E-state index contributed by atoms with van der Waals surface area (Å²) in [5, 5.41) is -0.627. The van der Waals surface area contributed by atoms with E-state index in [9.17, 15) is 9.59 Å². The first-order valence-electron chi connectivity index (χ1n) is 7.16. The number of amides is 1. The summed E-state index contributed by atoms with van der Waals surface area (Å²) in [7, 11) is 1.52. The normalized spacial score (nSPS) is 18.9. The van der Waals surface area contributed by atoms with Crippen molar-refractivity contribution in [1.82, 2.24) is 0 Å². The third kappa shape index (κ3) is 3.10. The molecular formula is C16H20ClNO4. The van der Waals surface area contributed by atoms with Crippen LogP contribution in [-0.4, -0.2) is 37.0 Å². The van der Waals surface area contributed by atoms with Gasteiger partial charge in [-0.3, -0.25) is 14.5 Å². The van der Waals surface area contributed by atoms with Gasteiger partial charge in [0.25, 0.3) is 5.91 Å². The number of hydrogen-bond acceptors (Lipinski definition) is 4. The Bertz CT molecular complexity index is 586. The van der Waals surface area contributed by atoms with E-state index in [2.05, 4.69) is 0 Å². The monoisotopic (exact) mass is 325 g/mol. The molecule has 1 aliphatic rings. The number of benzene rings is 1. The lowest BCUT2D eigenvalue weighted by atomic mass is 10.0. The summed E-state index contributed by atoms with van der Waals surface area (Å²) in [6, 6.07) is 4.99. The highest BCUT2D eigenvalue weighted by Crippen LogP contribution is 2.36. The van der Waals surface area contributed by atoms with Gasteiger partial charge in [0, 0.05) is 12.7 Å². The van der Waals surface area contributed by atoms with Crippen LogP contribution >= 0.6 is 11.6 Å². The number of rotatable bonds is 5. The molecule has 0 bridgehead atoms. The second-order valence-electron chi connectivity index (χ2n) is 5.63. The van der Waals surface area contributed by atoms with E-state index in [1.165, 1.54) is 12.0 Å². The maximum atomic E-state index is 12.5. The number of fused-ring (bicyclic) bond motifs is 1. The van der Waals surface area contributed by atoms with Crippen LogP contribution in [0, 0.1) is 5.92 Å². The van der Waals surface area contributed by atoms with Crippen molar-refractivity contribution in [3.63, 3.8) is 0 Å². The molecule has 0 aromatic heterocycles. The first kappa shape index (κ1) is 16.8. The minimum Gasteiger partial charge on any atom is -0.478 e. The molecule has 0 radical (unpaired) electrons. The lowest BCUT2D eigenvalue weighted by molar-refractivity contribution is -0.129. The van der Waals surface area contributed by atoms with Gasteiger partial charge in [-0.2, -0.15) is 0 Å². The molecule has 0 saturated heterocycles. The zero-order chi connectivity index (χ0) is 16.4. The molecule has 2 rings (SSSR count). The number of ketones is 1. The van der Waals surface area contributed by atoms with Crippen LogP contribution in [0.15, 0.2) is 18.2 Å². The molecule has 1 amide bonds. The van der Waals surface area contributed by atoms with E-state index in [1.807, 2.05) is 13.8 Å². The molecule has 0 N–H and O–H groups in total. The molecule has 2 unspecified atom stereocenters. The van der Waals surface area contributed by atoms with Crippen LogP contribution in [0.25, 0.3) is 0 Å². The maximum Gasteiger partial charge on any atom is 0.270 e. The minimum absolute atomic E-state index is 0.0316. The Balaban J connectivity index is 2.46. The number of hydrogen-bond donors (Lipinski definition) is 0. The average molecular weight is 326 g/mol. The van der Waals surface area contributed by atoms with Crippen molar-refractivity contribution >= 4 is 29.0 Å². The number of anilines is 1. The predicted molar refractivity (Wildman–Crippen MR) is 84.7 cm³/mol. The van der Waals surface area contributed by atoms with Gasteiger partial charge in [-0.05, 0) is 31.0 Å². The Morgan fingerprint density at radius 1 is 1.41 bits per heavy atom. The third-order valence-electron chi connectivity index (χ3n) is 3.52. The largest absolute Gasteiger partial charge is 0.478 e. The number of Topliss-reactive ketones (excluding diaryl/α,β-unsaturated/α-hetero) is 1. The van der Waals surface area contributed by atoms with Crippen molar-refractivity contribution in [2.24, 2.45) is 5.92 Å². The first-order chi connectivity index (χ1) is 10.4. The fourth-order valence-electron chi connectivity index (χ4n) is 2.35. The van der Waals surface area contributed by atoms with Gasteiger partial charge in [0.1, 0.15) is 12.5 Å². The Labute approximate surface area is 135 Å². The van der Waals surface area contributed by atoms with Crippen LogP contribution in [0.4, 0.5) is 5.69 Å². The third-order valence-corrected chi connectivity index (χ3v) is 3.72. The van der Waals surface area contributed by atoms with Crippen LogP contribution in [0.5, 0.6) is 5.75 Å². The quantitative estimate of drug-likeness (QED) is 0.617. The van der Waals surface area contributed by atoms with Crippen molar-refractivity contribution in [2.45, 2.75) is 32.3 Å². The number of nitrogens with zero attached hydrogens (tertiary/aromatic N) is 1. The Morgan fingerprint density at radius 3 is 2.64 bits per heavy atom. The molecule has 0 aliphatic carbocycles. The van der Waals surface area contributed by atoms with E-state index in [0.717, 1.165) is 0 Å². The smallest absolute Gasteiger partial charge is 0.270 e. The zero-order valence-corrected chi connectivity index (χ0v) is 13.9. The fraction of sp³-hybridized carbons (Fsp3) is 0.500. The van der Waals surface area contributed by atoms with Gasteiger partial charge in [-0.15, -0.1) is 11.6 Å². The zero-order valence-electron chi connectivity index (χ0n) is 13.1. The van der Waals surface area contributed by atoms with Gasteiger partial charge < -0.3 is 9.47 Å². The first-order valence-corrected chi connectivity index (χ1v) is 7.59. The molecule has 1 aromatic rings. The van der Waals surface area contributed by atoms with Crippen LogP contribution in [0.2, 0.25) is 0 Å². The molecule has 1 aromatic carbocycles. The predicted octanol–water partition coefficient (Wildman–Crippen LogP) is 2.85. The van der Waals surface area contributed by atoms with Gasteiger partial charge in [-0.25, -0.2) is 0 Å². The molecule has 0 saturated carbocycles. The fourth-order valence-corrected chi connectivity index (χ4v) is 2.48. The lowest BCUT2D eigenvalue weighted by Crippen LogP contribution is -2.49. The van der Waals surface area contributed by atoms with Crippen LogP contribution in [-0.2, 0) is 9.53 Å². The molecule has 6 heteroatoms. The summed E-state index contributed by atoms with van der Waals surface area (Å²) >= 11 is 5.85. The van der Waals surface area contributed by atoms with Gasteiger partial charge in [0.15, 0.2) is 11.9 Å². The molecule has 1 aliphatic heterocycles. The van der Waals surface area contributed by atoms with Gasteiger partial charge in [0.2, 0.25) is 0 Å². The van der Waals surface area contributed by atoms with E-state index in [0.29, 0.717) is 17.0 Å². The van der Waals surface area contributed by atoms with Crippen LogP contribution in [0.1, 0.15) is 31.1 Å². The summed E-state index contributed by atoms with van der Waals surface area (Å²) in [5.74, 6) is 0.228. The standard InChI is InChI=1S/C16H20ClNO4/c1-9(2)15-16(20)18(8-21-4)12-7-11(14(19)10(3)17)5-6-13(12)22-15/h5-7,9-10,15H,8H2,1-4H3. The molecule has 2 atom stereocenters. The van der Waals surface area contributed by atoms with Crippen molar-refractivity contribution in [3.8, 4) is 5.75 Å². The van der Waals surface area contributed by atoms with Crippen LogP contribution < -0.4 is 9.64 Å². The highest BCUT2D eigenvalue weighted by molar-refractivity contribution is 6.33. The van der Waals surface area contributed by atoms with Crippen molar-refractivity contribution in [1.29, 1.82) is 0 Å². The van der Waals surface area contributed by atoms with Gasteiger partial charge in [0.05, 0.1) is 11.1 Å². The molecule has 1 heterocycles. The molecule has 0 spiro atoms. The molecular weight excluding hydrogens is 306 g/mol. The second kappa shape index (κ2) is 6.67. The number of carbonyl (C=O) groups excluding carboxylic acids is 2. The summed E-state index contributed by atoms with van der Waals surface area (Å²) < 4.78 is 10.9. The summed E-state index contributed by atoms with van der Waals surface area (Å²) in [5.41, 5.74) is 0.980. The summed E-state index contributed by atoms with van der Waals surface area (Å²) in [6.45, 7) is 5.57. The van der Waals surface area contributed by atoms with E-state index in [4.69, 9.17) is 21.1 Å².